The minimum Gasteiger partial charge on any atom is -0.476 e. The summed E-state index contributed by atoms with van der Waals surface area (Å²) in [6.45, 7) is 1.33. The number of ether oxygens (including phenoxy) is 1. The van der Waals surface area contributed by atoms with Crippen LogP contribution in [-0.2, 0) is 6.54 Å². The molecule has 2 amide bonds. The van der Waals surface area contributed by atoms with Gasteiger partial charge in [-0.1, -0.05) is 54.6 Å². The van der Waals surface area contributed by atoms with E-state index < -0.39 is 0 Å². The molecule has 0 saturated heterocycles. The molecule has 5 rings (SSSR count). The van der Waals surface area contributed by atoms with Crippen LogP contribution in [0.2, 0.25) is 0 Å². The molecule has 0 N–H and O–H groups in total. The van der Waals surface area contributed by atoms with E-state index in [4.69, 9.17) is 4.74 Å². The number of fused-ring (bicyclic) bond motifs is 2. The third kappa shape index (κ3) is 3.57. The van der Waals surface area contributed by atoms with E-state index in [0.717, 1.165) is 16.5 Å². The van der Waals surface area contributed by atoms with Crippen LogP contribution >= 0.6 is 0 Å². The smallest absolute Gasteiger partial charge is 0.261 e. The number of rotatable bonds is 7. The van der Waals surface area contributed by atoms with Crippen LogP contribution < -0.4 is 4.74 Å². The third-order valence-corrected chi connectivity index (χ3v) is 5.44. The van der Waals surface area contributed by atoms with Crippen LogP contribution in [0, 0.1) is 0 Å². The summed E-state index contributed by atoms with van der Waals surface area (Å²) < 4.78 is 7.90. The van der Waals surface area contributed by atoms with Gasteiger partial charge in [-0.25, -0.2) is 0 Å². The van der Waals surface area contributed by atoms with E-state index >= 15 is 0 Å². The van der Waals surface area contributed by atoms with Crippen molar-refractivity contribution in [2.45, 2.75) is 13.0 Å². The number of para-hydroxylation sites is 1. The summed E-state index contributed by atoms with van der Waals surface area (Å²) >= 11 is 0. The van der Waals surface area contributed by atoms with Crippen LogP contribution in [0.15, 0.2) is 78.9 Å². The standard InChI is InChI=1S/C25H21N3O3/c29-24-19-11-4-5-12-20(19)25(30)27(24)15-8-16-31-23-21-13-6-7-14-22(21)28(26-23)17-18-9-2-1-3-10-18/h1-7,9-14H,8,15-17H2. The molecule has 0 spiro atoms. The third-order valence-electron chi connectivity index (χ3n) is 5.44. The molecule has 0 bridgehead atoms. The first-order valence-corrected chi connectivity index (χ1v) is 10.3. The zero-order valence-electron chi connectivity index (χ0n) is 16.9. The molecule has 3 aromatic carbocycles. The van der Waals surface area contributed by atoms with Gasteiger partial charge in [-0.2, -0.15) is 0 Å². The lowest BCUT2D eigenvalue weighted by Crippen LogP contribution is -2.31. The van der Waals surface area contributed by atoms with Gasteiger partial charge in [-0.3, -0.25) is 19.2 Å². The predicted molar refractivity (Wildman–Crippen MR) is 117 cm³/mol. The molecule has 1 aliphatic rings. The lowest BCUT2D eigenvalue weighted by molar-refractivity contribution is 0.0646. The van der Waals surface area contributed by atoms with E-state index in [9.17, 15) is 9.59 Å². The Hall–Kier alpha value is -3.93. The molecule has 0 atom stereocenters. The number of aromatic nitrogens is 2. The van der Waals surface area contributed by atoms with Crippen molar-refractivity contribution < 1.29 is 14.3 Å². The molecule has 31 heavy (non-hydrogen) atoms. The van der Waals surface area contributed by atoms with Gasteiger partial charge >= 0.3 is 0 Å². The summed E-state index contributed by atoms with van der Waals surface area (Å²) in [4.78, 5) is 26.2. The van der Waals surface area contributed by atoms with Gasteiger partial charge in [-0.15, -0.1) is 5.10 Å². The largest absolute Gasteiger partial charge is 0.476 e. The van der Waals surface area contributed by atoms with Gasteiger partial charge in [0.25, 0.3) is 11.8 Å². The monoisotopic (exact) mass is 411 g/mol. The molecule has 154 valence electrons. The minimum absolute atomic E-state index is 0.238. The Balaban J connectivity index is 1.26. The van der Waals surface area contributed by atoms with Gasteiger partial charge < -0.3 is 4.74 Å². The van der Waals surface area contributed by atoms with Gasteiger partial charge in [0.05, 0.1) is 35.2 Å². The van der Waals surface area contributed by atoms with Gasteiger partial charge in [0.1, 0.15) is 0 Å². The van der Waals surface area contributed by atoms with Crippen molar-refractivity contribution >= 4 is 22.7 Å². The molecule has 0 saturated carbocycles. The number of nitrogens with zero attached hydrogens (tertiary/aromatic N) is 3. The molecule has 6 heteroatoms. The Morgan fingerprint density at radius 2 is 1.42 bits per heavy atom. The van der Waals surface area contributed by atoms with Gasteiger partial charge in [0.15, 0.2) is 0 Å². The molecular weight excluding hydrogens is 390 g/mol. The SMILES string of the molecule is O=C1c2ccccc2C(=O)N1CCCOc1nn(Cc2ccccc2)c2ccccc12. The molecule has 0 radical (unpaired) electrons. The second-order valence-electron chi connectivity index (χ2n) is 7.48. The Morgan fingerprint density at radius 3 is 2.16 bits per heavy atom. The summed E-state index contributed by atoms with van der Waals surface area (Å²) in [5.74, 6) is 0.0882. The van der Waals surface area contributed by atoms with Crippen molar-refractivity contribution in [3.05, 3.63) is 95.6 Å². The maximum atomic E-state index is 12.5. The number of imide groups is 1. The fourth-order valence-electron chi connectivity index (χ4n) is 3.91. The Morgan fingerprint density at radius 1 is 0.774 bits per heavy atom. The van der Waals surface area contributed by atoms with Crippen molar-refractivity contribution in [3.8, 4) is 5.88 Å². The fraction of sp³-hybridized carbons (Fsp3) is 0.160. The maximum absolute atomic E-state index is 12.5. The van der Waals surface area contributed by atoms with Crippen LogP contribution in [0.3, 0.4) is 0 Å². The highest BCUT2D eigenvalue weighted by Gasteiger charge is 2.34. The molecule has 0 fully saturated rings. The van der Waals surface area contributed by atoms with Crippen molar-refractivity contribution in [1.82, 2.24) is 14.7 Å². The highest BCUT2D eigenvalue weighted by Crippen LogP contribution is 2.26. The van der Waals surface area contributed by atoms with Crippen LogP contribution in [0.4, 0.5) is 0 Å². The van der Waals surface area contributed by atoms with Gasteiger partial charge in [0.2, 0.25) is 5.88 Å². The van der Waals surface area contributed by atoms with E-state index in [-0.39, 0.29) is 11.8 Å². The van der Waals surface area contributed by atoms with Crippen LogP contribution in [0.5, 0.6) is 5.88 Å². The summed E-state index contributed by atoms with van der Waals surface area (Å²) in [5, 5.41) is 5.61. The first-order chi connectivity index (χ1) is 15.2. The van der Waals surface area contributed by atoms with E-state index in [1.807, 2.05) is 47.1 Å². The fourth-order valence-corrected chi connectivity index (χ4v) is 3.91. The number of hydrogen-bond acceptors (Lipinski definition) is 4. The number of benzene rings is 3. The van der Waals surface area contributed by atoms with E-state index in [1.165, 1.54) is 4.90 Å². The van der Waals surface area contributed by atoms with E-state index in [1.54, 1.807) is 24.3 Å². The molecular formula is C25H21N3O3. The van der Waals surface area contributed by atoms with Crippen molar-refractivity contribution in [2.24, 2.45) is 0 Å². The number of amides is 2. The first kappa shape index (κ1) is 19.1. The van der Waals surface area contributed by atoms with Gasteiger partial charge in [0, 0.05) is 6.54 Å². The Kier molecular flexibility index (Phi) is 4.96. The second kappa shape index (κ2) is 8.07. The second-order valence-corrected chi connectivity index (χ2v) is 7.48. The van der Waals surface area contributed by atoms with Crippen molar-refractivity contribution in [2.75, 3.05) is 13.2 Å². The summed E-state index contributed by atoms with van der Waals surface area (Å²) in [6, 6.07) is 25.0. The number of hydrogen-bond donors (Lipinski definition) is 0. The summed E-state index contributed by atoms with van der Waals surface area (Å²) in [6.07, 6.45) is 0.533. The molecule has 1 aromatic heterocycles. The minimum atomic E-state index is -0.238. The first-order valence-electron chi connectivity index (χ1n) is 10.3. The van der Waals surface area contributed by atoms with Gasteiger partial charge in [-0.05, 0) is 36.2 Å². The lowest BCUT2D eigenvalue weighted by atomic mass is 10.1. The average Bonchev–Trinajstić information content (AvgIpc) is 3.28. The summed E-state index contributed by atoms with van der Waals surface area (Å²) in [7, 11) is 0. The maximum Gasteiger partial charge on any atom is 0.261 e. The number of carbonyl (C=O) groups excluding carboxylic acids is 2. The van der Waals surface area contributed by atoms with Crippen molar-refractivity contribution in [1.29, 1.82) is 0 Å². The molecule has 2 heterocycles. The number of carbonyl (C=O) groups is 2. The molecule has 1 aliphatic heterocycles. The zero-order chi connectivity index (χ0) is 21.2. The van der Waals surface area contributed by atoms with Crippen LogP contribution in [0.25, 0.3) is 10.9 Å². The molecule has 6 nitrogen and oxygen atoms in total. The molecule has 0 aliphatic carbocycles. The predicted octanol–water partition coefficient (Wildman–Crippen LogP) is 4.15. The highest BCUT2D eigenvalue weighted by molar-refractivity contribution is 6.21. The highest BCUT2D eigenvalue weighted by atomic mass is 16.5. The summed E-state index contributed by atoms with van der Waals surface area (Å²) in [5.41, 5.74) is 3.10. The topological polar surface area (TPSA) is 64.4 Å². The van der Waals surface area contributed by atoms with Crippen LogP contribution in [-0.4, -0.2) is 39.6 Å². The Labute approximate surface area is 179 Å². The van der Waals surface area contributed by atoms with E-state index in [2.05, 4.69) is 17.2 Å². The van der Waals surface area contributed by atoms with Crippen LogP contribution in [0.1, 0.15) is 32.7 Å². The normalized spacial score (nSPS) is 13.1. The Bertz CT molecular complexity index is 1230. The average molecular weight is 411 g/mol. The van der Waals surface area contributed by atoms with E-state index in [0.29, 0.717) is 43.1 Å². The quantitative estimate of drug-likeness (QED) is 0.339. The lowest BCUT2D eigenvalue weighted by Gasteiger charge is -2.13. The van der Waals surface area contributed by atoms with Crippen molar-refractivity contribution in [3.63, 3.8) is 0 Å². The zero-order valence-corrected chi connectivity index (χ0v) is 16.9. The molecule has 0 unspecified atom stereocenters. The molecule has 4 aromatic rings.